The third-order valence-corrected chi connectivity index (χ3v) is 3.88. The molecule has 0 bridgehead atoms. The molecule has 0 aromatic heterocycles. The van der Waals surface area contributed by atoms with Crippen molar-refractivity contribution >= 4 is 27.8 Å². The summed E-state index contributed by atoms with van der Waals surface area (Å²) in [6, 6.07) is 14.4. The zero-order chi connectivity index (χ0) is 16.8. The lowest BCUT2D eigenvalue weighted by Crippen LogP contribution is -2.29. The summed E-state index contributed by atoms with van der Waals surface area (Å²) in [7, 11) is 0. The number of nitrogens with one attached hydrogen (secondary N) is 1. The predicted molar refractivity (Wildman–Crippen MR) is 92.1 cm³/mol. The number of esters is 1. The summed E-state index contributed by atoms with van der Waals surface area (Å²) in [5.74, 6) is -0.129. The molecular formula is C18H18BrNO3. The van der Waals surface area contributed by atoms with Crippen LogP contribution < -0.4 is 10.1 Å². The lowest BCUT2D eigenvalue weighted by atomic mass is 10.0. The molecule has 0 spiro atoms. The molecular weight excluding hydrogens is 358 g/mol. The van der Waals surface area contributed by atoms with Gasteiger partial charge in [0, 0.05) is 6.92 Å². The van der Waals surface area contributed by atoms with Gasteiger partial charge >= 0.3 is 5.97 Å². The van der Waals surface area contributed by atoms with Crippen LogP contribution in [0.1, 0.15) is 30.5 Å². The summed E-state index contributed by atoms with van der Waals surface area (Å²) in [6.45, 7) is 3.39. The van der Waals surface area contributed by atoms with E-state index >= 15 is 0 Å². The Bertz CT molecular complexity index is 701. The van der Waals surface area contributed by atoms with Gasteiger partial charge in [0.05, 0.1) is 16.9 Å². The molecule has 0 heterocycles. The number of carbonyl (C=O) groups is 2. The topological polar surface area (TPSA) is 55.4 Å². The van der Waals surface area contributed by atoms with Crippen LogP contribution in [0.5, 0.6) is 5.75 Å². The SMILES string of the molecule is CC(=O)N[C@@H](CC(=O)Oc1ccc(C)cc1Br)c1ccccc1. The van der Waals surface area contributed by atoms with Gasteiger partial charge < -0.3 is 10.1 Å². The van der Waals surface area contributed by atoms with E-state index in [0.29, 0.717) is 5.75 Å². The third-order valence-electron chi connectivity index (χ3n) is 3.26. The number of aryl methyl sites for hydroxylation is 1. The maximum atomic E-state index is 12.2. The summed E-state index contributed by atoms with van der Waals surface area (Å²) in [4.78, 5) is 23.6. The van der Waals surface area contributed by atoms with Crippen LogP contribution in [0.25, 0.3) is 0 Å². The molecule has 1 amide bonds. The number of halogens is 1. The molecule has 0 aliphatic heterocycles. The van der Waals surface area contributed by atoms with Crippen LogP contribution in [0.15, 0.2) is 53.0 Å². The third kappa shape index (κ3) is 5.21. The number of amides is 1. The quantitative estimate of drug-likeness (QED) is 0.636. The maximum absolute atomic E-state index is 12.2. The molecule has 0 saturated carbocycles. The van der Waals surface area contributed by atoms with Gasteiger partial charge in [0.25, 0.3) is 0 Å². The largest absolute Gasteiger partial charge is 0.425 e. The molecule has 0 fully saturated rings. The van der Waals surface area contributed by atoms with Crippen LogP contribution in [-0.4, -0.2) is 11.9 Å². The van der Waals surface area contributed by atoms with Crippen LogP contribution in [-0.2, 0) is 9.59 Å². The Morgan fingerprint density at radius 3 is 2.48 bits per heavy atom. The monoisotopic (exact) mass is 375 g/mol. The van der Waals surface area contributed by atoms with Gasteiger partial charge in [-0.15, -0.1) is 0 Å². The molecule has 2 aromatic carbocycles. The molecule has 0 unspecified atom stereocenters. The number of ether oxygens (including phenoxy) is 1. The zero-order valence-electron chi connectivity index (χ0n) is 13.0. The first-order valence-corrected chi connectivity index (χ1v) is 8.04. The number of hydrogen-bond donors (Lipinski definition) is 1. The van der Waals surface area contributed by atoms with Crippen LogP contribution in [0.2, 0.25) is 0 Å². The van der Waals surface area contributed by atoms with Crippen molar-refractivity contribution in [1.29, 1.82) is 0 Å². The first-order valence-electron chi connectivity index (χ1n) is 7.24. The lowest BCUT2D eigenvalue weighted by Gasteiger charge is -2.17. The van der Waals surface area contributed by atoms with Crippen molar-refractivity contribution < 1.29 is 14.3 Å². The molecule has 0 aliphatic rings. The highest BCUT2D eigenvalue weighted by atomic mass is 79.9. The molecule has 1 N–H and O–H groups in total. The van der Waals surface area contributed by atoms with Crippen molar-refractivity contribution in [3.05, 3.63) is 64.1 Å². The highest BCUT2D eigenvalue weighted by molar-refractivity contribution is 9.10. The van der Waals surface area contributed by atoms with Crippen molar-refractivity contribution in [3.63, 3.8) is 0 Å². The summed E-state index contributed by atoms with van der Waals surface area (Å²) in [5, 5.41) is 2.79. The summed E-state index contributed by atoms with van der Waals surface area (Å²) < 4.78 is 6.12. The van der Waals surface area contributed by atoms with E-state index < -0.39 is 12.0 Å². The second kappa shape index (κ2) is 7.92. The molecule has 0 saturated heterocycles. The van der Waals surface area contributed by atoms with Gasteiger partial charge in [-0.1, -0.05) is 36.4 Å². The minimum Gasteiger partial charge on any atom is -0.425 e. The highest BCUT2D eigenvalue weighted by Gasteiger charge is 2.19. The second-order valence-electron chi connectivity index (χ2n) is 5.28. The van der Waals surface area contributed by atoms with E-state index in [9.17, 15) is 9.59 Å². The average Bonchev–Trinajstić information content (AvgIpc) is 2.50. The van der Waals surface area contributed by atoms with Gasteiger partial charge in [0.15, 0.2) is 0 Å². The number of hydrogen-bond acceptors (Lipinski definition) is 3. The summed E-state index contributed by atoms with van der Waals surface area (Å²) in [6.07, 6.45) is 0.0594. The Morgan fingerprint density at radius 2 is 1.87 bits per heavy atom. The zero-order valence-corrected chi connectivity index (χ0v) is 14.6. The van der Waals surface area contributed by atoms with E-state index in [2.05, 4.69) is 21.2 Å². The Labute approximate surface area is 144 Å². The summed E-state index contributed by atoms with van der Waals surface area (Å²) in [5.41, 5.74) is 1.93. The van der Waals surface area contributed by atoms with Gasteiger partial charge in [-0.25, -0.2) is 0 Å². The van der Waals surface area contributed by atoms with Crippen LogP contribution >= 0.6 is 15.9 Å². The van der Waals surface area contributed by atoms with E-state index in [0.717, 1.165) is 15.6 Å². The molecule has 0 radical (unpaired) electrons. The molecule has 5 heteroatoms. The van der Waals surface area contributed by atoms with Crippen LogP contribution in [0, 0.1) is 6.92 Å². The maximum Gasteiger partial charge on any atom is 0.313 e. The van der Waals surface area contributed by atoms with Gasteiger partial charge in [-0.05, 0) is 46.1 Å². The van der Waals surface area contributed by atoms with E-state index in [1.54, 1.807) is 6.07 Å². The number of rotatable bonds is 5. The smallest absolute Gasteiger partial charge is 0.313 e. The van der Waals surface area contributed by atoms with E-state index in [4.69, 9.17) is 4.74 Å². The molecule has 2 aromatic rings. The Hall–Kier alpha value is -2.14. The van der Waals surface area contributed by atoms with Gasteiger partial charge in [-0.3, -0.25) is 9.59 Å². The van der Waals surface area contributed by atoms with Crippen molar-refractivity contribution in [2.75, 3.05) is 0 Å². The van der Waals surface area contributed by atoms with Crippen molar-refractivity contribution in [1.82, 2.24) is 5.32 Å². The molecule has 23 heavy (non-hydrogen) atoms. The number of benzene rings is 2. The van der Waals surface area contributed by atoms with E-state index in [1.807, 2.05) is 49.4 Å². The average molecular weight is 376 g/mol. The van der Waals surface area contributed by atoms with E-state index in [1.165, 1.54) is 6.92 Å². The fraction of sp³-hybridized carbons (Fsp3) is 0.222. The minimum atomic E-state index is -0.412. The lowest BCUT2D eigenvalue weighted by molar-refractivity contribution is -0.135. The highest BCUT2D eigenvalue weighted by Crippen LogP contribution is 2.27. The van der Waals surface area contributed by atoms with Crippen molar-refractivity contribution in [2.24, 2.45) is 0 Å². The fourth-order valence-corrected chi connectivity index (χ4v) is 2.78. The van der Waals surface area contributed by atoms with Gasteiger partial charge in [0.1, 0.15) is 5.75 Å². The molecule has 1 atom stereocenters. The van der Waals surface area contributed by atoms with Crippen molar-refractivity contribution in [2.45, 2.75) is 26.3 Å². The predicted octanol–water partition coefficient (Wildman–Crippen LogP) is 3.93. The Balaban J connectivity index is 2.09. The minimum absolute atomic E-state index is 0.0594. The molecule has 120 valence electrons. The van der Waals surface area contributed by atoms with Gasteiger partial charge in [-0.2, -0.15) is 0 Å². The van der Waals surface area contributed by atoms with Gasteiger partial charge in [0.2, 0.25) is 5.91 Å². The number of carbonyl (C=O) groups excluding carboxylic acids is 2. The summed E-state index contributed by atoms with van der Waals surface area (Å²) >= 11 is 3.38. The Morgan fingerprint density at radius 1 is 1.17 bits per heavy atom. The molecule has 4 nitrogen and oxygen atoms in total. The first kappa shape index (κ1) is 17.2. The standard InChI is InChI=1S/C18H18BrNO3/c1-12-8-9-17(15(19)10-12)23-18(22)11-16(20-13(2)21)14-6-4-3-5-7-14/h3-10,16H,11H2,1-2H3,(H,20,21)/t16-/m0/s1. The second-order valence-corrected chi connectivity index (χ2v) is 6.13. The molecule has 2 rings (SSSR count). The van der Waals surface area contributed by atoms with E-state index in [-0.39, 0.29) is 12.3 Å². The van der Waals surface area contributed by atoms with Crippen molar-refractivity contribution in [3.8, 4) is 5.75 Å². The van der Waals surface area contributed by atoms with Crippen LogP contribution in [0.4, 0.5) is 0 Å². The molecule has 0 aliphatic carbocycles. The fourth-order valence-electron chi connectivity index (χ4n) is 2.20. The normalized spacial score (nSPS) is 11.6. The first-order chi connectivity index (χ1) is 11.0. The van der Waals surface area contributed by atoms with Crippen LogP contribution in [0.3, 0.4) is 0 Å². The Kier molecular flexibility index (Phi) is 5.93.